The minimum Gasteiger partial charge on any atom is -0.453 e. The number of H-pyrrole nitrogens is 2. The Labute approximate surface area is 343 Å². The van der Waals surface area contributed by atoms with Crippen LogP contribution in [0, 0.1) is 11.8 Å². The Bertz CT molecular complexity index is 2030. The summed E-state index contributed by atoms with van der Waals surface area (Å²) in [6.45, 7) is 8.58. The SMILES string of the molecule is COC(=O)N[C@H](C(=O)N1C[C@@H](S)C[C@H]1c1ncc(-c2ccc(-c3ccc(-c4cnc([C@@H]5C[C@H](SC)CN5C(=O)[C@@H](NC(=O)OC)C(C)C)[nH]4)cc3)cc2)[nH]1)C(C)C. The number of nitrogens with one attached hydrogen (secondary N) is 4. The second-order valence-electron chi connectivity index (χ2n) is 15.2. The molecule has 0 saturated carbocycles. The molecule has 2 aromatic heterocycles. The number of amides is 4. The number of thiol groups is 1. The van der Waals surface area contributed by atoms with Gasteiger partial charge in [0.1, 0.15) is 23.7 Å². The lowest BCUT2D eigenvalue weighted by Crippen LogP contribution is -2.51. The van der Waals surface area contributed by atoms with E-state index in [0.717, 1.165) is 40.1 Å². The lowest BCUT2D eigenvalue weighted by Gasteiger charge is -2.30. The molecule has 14 nitrogen and oxygen atoms in total. The minimum absolute atomic E-state index is 0.0265. The van der Waals surface area contributed by atoms with Crippen molar-refractivity contribution in [2.75, 3.05) is 33.6 Å². The van der Waals surface area contributed by atoms with E-state index in [4.69, 9.17) is 27.1 Å². The highest BCUT2D eigenvalue weighted by molar-refractivity contribution is 7.99. The highest BCUT2D eigenvalue weighted by Gasteiger charge is 2.42. The predicted octanol–water partition coefficient (Wildman–Crippen LogP) is 6.47. The van der Waals surface area contributed by atoms with Gasteiger partial charge in [-0.05, 0) is 53.2 Å². The molecular weight excluding hydrogens is 765 g/mol. The van der Waals surface area contributed by atoms with E-state index < -0.39 is 24.3 Å². The van der Waals surface area contributed by atoms with Crippen LogP contribution in [0.15, 0.2) is 60.9 Å². The van der Waals surface area contributed by atoms with E-state index in [2.05, 4.69) is 49.9 Å². The first-order valence-corrected chi connectivity index (χ1v) is 20.9. The number of carbonyl (C=O) groups is 4. The second kappa shape index (κ2) is 18.1. The van der Waals surface area contributed by atoms with Gasteiger partial charge in [-0.15, -0.1) is 0 Å². The van der Waals surface area contributed by atoms with Gasteiger partial charge in [-0.3, -0.25) is 9.59 Å². The van der Waals surface area contributed by atoms with Gasteiger partial charge >= 0.3 is 12.2 Å². The molecular formula is C41H52N8O6S2. The number of methoxy groups -OCH3 is 2. The van der Waals surface area contributed by atoms with Crippen LogP contribution in [0.5, 0.6) is 0 Å². The van der Waals surface area contributed by atoms with Crippen LogP contribution < -0.4 is 10.6 Å². The molecule has 0 bridgehead atoms. The summed E-state index contributed by atoms with van der Waals surface area (Å²) in [6, 6.07) is 14.4. The van der Waals surface area contributed by atoms with E-state index in [0.29, 0.717) is 31.2 Å². The summed E-state index contributed by atoms with van der Waals surface area (Å²) in [5, 5.41) is 5.62. The van der Waals surface area contributed by atoms with Crippen LogP contribution in [0.4, 0.5) is 9.59 Å². The first-order valence-electron chi connectivity index (χ1n) is 19.1. The standard InChI is InChI=1S/C41H52N8O6S2/c1-22(2)34(46-40(52)54-5)38(50)48-20-28(56)16-32(48)36-42-18-30(44-36)26-12-8-24(9-13-26)25-10-14-27(15-11-25)31-19-43-37(45-31)33-17-29(57-7)21-49(33)39(51)35(23(3)4)47-41(53)55-6/h8-15,18-19,22-23,28-29,32-35,56H,16-17,20-21H2,1-7H3,(H,42,44)(H,43,45)(H,46,52)(H,47,53)/t28-,29-,32-,33-,34-,35-/m0/s1. The van der Waals surface area contributed by atoms with E-state index in [1.807, 2.05) is 63.1 Å². The molecule has 0 unspecified atom stereocenters. The molecule has 0 spiro atoms. The average Bonchev–Trinajstić information content (AvgIpc) is 4.04. The van der Waals surface area contributed by atoms with Crippen molar-refractivity contribution >= 4 is 48.4 Å². The summed E-state index contributed by atoms with van der Waals surface area (Å²) in [6.07, 6.45) is 5.73. The number of alkyl carbamates (subject to hydrolysis) is 2. The summed E-state index contributed by atoms with van der Waals surface area (Å²) < 4.78 is 9.55. The Balaban J connectivity index is 1.13. The third-order valence-corrected chi connectivity index (χ3v) is 12.2. The van der Waals surface area contributed by atoms with Crippen molar-refractivity contribution in [1.29, 1.82) is 0 Å². The van der Waals surface area contributed by atoms with Crippen LogP contribution in [-0.2, 0) is 19.1 Å². The van der Waals surface area contributed by atoms with Gasteiger partial charge in [-0.2, -0.15) is 24.4 Å². The zero-order valence-corrected chi connectivity index (χ0v) is 35.0. The molecule has 4 amide bonds. The molecule has 304 valence electrons. The number of ether oxygens (including phenoxy) is 2. The topological polar surface area (TPSA) is 175 Å². The first-order chi connectivity index (χ1) is 27.3. The Morgan fingerprint density at radius 2 is 1.11 bits per heavy atom. The number of carbonyl (C=O) groups excluding carboxylic acids is 4. The second-order valence-corrected chi connectivity index (χ2v) is 17.1. The van der Waals surface area contributed by atoms with Crippen LogP contribution in [0.3, 0.4) is 0 Å². The summed E-state index contributed by atoms with van der Waals surface area (Å²) in [7, 11) is 2.57. The molecule has 6 atom stereocenters. The fourth-order valence-corrected chi connectivity index (χ4v) is 8.59. The Morgan fingerprint density at radius 3 is 1.51 bits per heavy atom. The average molecular weight is 817 g/mol. The van der Waals surface area contributed by atoms with Crippen molar-refractivity contribution in [2.45, 2.75) is 75.2 Å². The quantitative estimate of drug-likeness (QED) is 0.100. The molecule has 0 radical (unpaired) electrons. The number of aromatic amines is 2. The van der Waals surface area contributed by atoms with Crippen molar-refractivity contribution in [3.05, 3.63) is 72.6 Å². The van der Waals surface area contributed by atoms with Gasteiger partial charge in [0, 0.05) is 23.6 Å². The Morgan fingerprint density at radius 1 is 0.702 bits per heavy atom. The van der Waals surface area contributed by atoms with Gasteiger partial charge in [0.25, 0.3) is 0 Å². The van der Waals surface area contributed by atoms with E-state index in [1.165, 1.54) is 14.2 Å². The predicted molar refractivity (Wildman–Crippen MR) is 224 cm³/mol. The van der Waals surface area contributed by atoms with Gasteiger partial charge in [-0.25, -0.2) is 19.6 Å². The highest BCUT2D eigenvalue weighted by Crippen LogP contribution is 2.38. The number of aromatic nitrogens is 4. The van der Waals surface area contributed by atoms with Crippen LogP contribution in [0.25, 0.3) is 33.6 Å². The van der Waals surface area contributed by atoms with Crippen molar-refractivity contribution in [2.24, 2.45) is 11.8 Å². The van der Waals surface area contributed by atoms with Crippen LogP contribution >= 0.6 is 24.4 Å². The largest absolute Gasteiger partial charge is 0.453 e. The zero-order chi connectivity index (χ0) is 41.0. The monoisotopic (exact) mass is 816 g/mol. The number of likely N-dealkylation sites (tertiary alicyclic amines) is 2. The third-order valence-electron chi connectivity index (χ3n) is 10.8. The van der Waals surface area contributed by atoms with Crippen molar-refractivity contribution in [3.8, 4) is 33.6 Å². The van der Waals surface area contributed by atoms with Crippen LogP contribution in [0.1, 0.15) is 64.3 Å². The highest BCUT2D eigenvalue weighted by atomic mass is 32.2. The maximum Gasteiger partial charge on any atom is 0.407 e. The number of imidazole rings is 2. The number of benzene rings is 2. The number of nitrogens with zero attached hydrogens (tertiary/aromatic N) is 4. The molecule has 6 rings (SSSR count). The number of hydrogen-bond acceptors (Lipinski definition) is 10. The summed E-state index contributed by atoms with van der Waals surface area (Å²) in [5.74, 6) is 0.777. The maximum atomic E-state index is 13.8. The summed E-state index contributed by atoms with van der Waals surface area (Å²) in [4.78, 5) is 71.4. The van der Waals surface area contributed by atoms with E-state index in [9.17, 15) is 19.2 Å². The Hall–Kier alpha value is -4.96. The number of hydrogen-bond donors (Lipinski definition) is 5. The molecule has 2 aromatic carbocycles. The van der Waals surface area contributed by atoms with Crippen molar-refractivity contribution in [3.63, 3.8) is 0 Å². The fourth-order valence-electron chi connectivity index (χ4n) is 7.53. The van der Waals surface area contributed by atoms with Crippen molar-refractivity contribution < 1.29 is 28.7 Å². The molecule has 57 heavy (non-hydrogen) atoms. The smallest absolute Gasteiger partial charge is 0.407 e. The molecule has 2 aliphatic heterocycles. The summed E-state index contributed by atoms with van der Waals surface area (Å²) in [5.41, 5.74) is 5.68. The molecule has 4 aromatic rings. The summed E-state index contributed by atoms with van der Waals surface area (Å²) >= 11 is 6.41. The minimum atomic E-state index is -0.735. The molecule has 2 saturated heterocycles. The molecule has 4 N–H and O–H groups in total. The number of thioether (sulfide) groups is 1. The van der Waals surface area contributed by atoms with Gasteiger partial charge in [-0.1, -0.05) is 76.2 Å². The lowest BCUT2D eigenvalue weighted by molar-refractivity contribution is -0.136. The maximum absolute atomic E-state index is 13.8. The van der Waals surface area contributed by atoms with Crippen LogP contribution in [0.2, 0.25) is 0 Å². The molecule has 4 heterocycles. The van der Waals surface area contributed by atoms with Gasteiger partial charge in [0.15, 0.2) is 0 Å². The van der Waals surface area contributed by atoms with E-state index in [-0.39, 0.29) is 46.2 Å². The fraction of sp³-hybridized carbons (Fsp3) is 0.463. The molecule has 2 aliphatic rings. The molecule has 0 aliphatic carbocycles. The first kappa shape index (κ1) is 41.7. The molecule has 16 heteroatoms. The van der Waals surface area contributed by atoms with Gasteiger partial charge < -0.3 is 39.9 Å². The lowest BCUT2D eigenvalue weighted by atomic mass is 10.0. The van der Waals surface area contributed by atoms with Crippen LogP contribution in [-0.4, -0.2) is 110 Å². The van der Waals surface area contributed by atoms with E-state index >= 15 is 0 Å². The Kier molecular flexibility index (Phi) is 13.2. The zero-order valence-electron chi connectivity index (χ0n) is 33.3. The third kappa shape index (κ3) is 9.27. The van der Waals surface area contributed by atoms with Crippen molar-refractivity contribution in [1.82, 2.24) is 40.4 Å². The van der Waals surface area contributed by atoms with E-state index in [1.54, 1.807) is 29.1 Å². The van der Waals surface area contributed by atoms with Gasteiger partial charge in [0.2, 0.25) is 11.8 Å². The molecule has 2 fully saturated rings. The van der Waals surface area contributed by atoms with Gasteiger partial charge in [0.05, 0.1) is 50.1 Å². The normalized spacial score (nSPS) is 20.5. The number of rotatable bonds is 12.